The van der Waals surface area contributed by atoms with Crippen molar-refractivity contribution >= 4 is 28.5 Å². The van der Waals surface area contributed by atoms with Crippen LogP contribution in [0.2, 0.25) is 0 Å². The summed E-state index contributed by atoms with van der Waals surface area (Å²) in [4.78, 5) is 29.6. The number of nitrogens with zero attached hydrogens (tertiary/aromatic N) is 3. The van der Waals surface area contributed by atoms with E-state index in [1.165, 1.54) is 10.5 Å². The smallest absolute Gasteiger partial charge is 0.344 e. The second-order valence-electron chi connectivity index (χ2n) is 5.48. The molecule has 0 fully saturated rings. The molecule has 0 aliphatic rings. The van der Waals surface area contributed by atoms with E-state index in [-0.39, 0.29) is 35.5 Å². The molecule has 0 atom stereocenters. The molecule has 0 radical (unpaired) electrons. The molecule has 130 valence electrons. The van der Waals surface area contributed by atoms with Crippen LogP contribution in [0.25, 0.3) is 16.7 Å². The minimum absolute atomic E-state index is 0.0515. The number of carbonyl (C=O) groups is 1. The maximum absolute atomic E-state index is 12.8. The summed E-state index contributed by atoms with van der Waals surface area (Å²) in [6.07, 6.45) is 2.02. The van der Waals surface area contributed by atoms with Gasteiger partial charge in [0, 0.05) is 19.2 Å². The van der Waals surface area contributed by atoms with Gasteiger partial charge in [-0.05, 0) is 25.1 Å². The third kappa shape index (κ3) is 2.91. The average Bonchev–Trinajstić information content (AvgIpc) is 2.61. The summed E-state index contributed by atoms with van der Waals surface area (Å²) in [6.45, 7) is 2.16. The van der Waals surface area contributed by atoms with Gasteiger partial charge in [0.1, 0.15) is 10.9 Å². The van der Waals surface area contributed by atoms with Gasteiger partial charge in [-0.1, -0.05) is 11.1 Å². The highest BCUT2D eigenvalue weighted by Crippen LogP contribution is 2.15. The number of fused-ring (bicyclic) bond motifs is 2. The van der Waals surface area contributed by atoms with Gasteiger partial charge in [-0.2, -0.15) is 0 Å². The van der Waals surface area contributed by atoms with Gasteiger partial charge >= 0.3 is 5.97 Å². The summed E-state index contributed by atoms with van der Waals surface area (Å²) in [5.74, 6) is -0.441. The highest BCUT2D eigenvalue weighted by Gasteiger charge is 2.24. The zero-order valence-corrected chi connectivity index (χ0v) is 13.8. The largest absolute Gasteiger partial charge is 0.462 e. The van der Waals surface area contributed by atoms with Crippen molar-refractivity contribution < 1.29 is 19.2 Å². The standard InChI is InChI=1S/C17H18N4O4/c1-2-25-17(24)11-10-12-15(21(14(11)18)8-5-9-22)19-13-6-3-4-7-20(13)16(12)23/h3-4,6-7,10,18,22H,2,5,8-9H2,1H3/p+1. The number of aryl methyl sites for hydroxylation is 1. The molecule has 0 aromatic carbocycles. The quantitative estimate of drug-likeness (QED) is 0.391. The van der Waals surface area contributed by atoms with E-state index in [4.69, 9.17) is 15.6 Å². The van der Waals surface area contributed by atoms with Crippen molar-refractivity contribution in [1.82, 2.24) is 9.38 Å². The molecule has 0 amide bonds. The fraction of sp³-hybridized carbons (Fsp3) is 0.294. The lowest BCUT2D eigenvalue weighted by atomic mass is 10.2. The van der Waals surface area contributed by atoms with E-state index < -0.39 is 5.97 Å². The lowest BCUT2D eigenvalue weighted by molar-refractivity contribution is -0.659. The molecule has 8 heteroatoms. The molecule has 8 nitrogen and oxygen atoms in total. The van der Waals surface area contributed by atoms with Gasteiger partial charge in [0.15, 0.2) is 0 Å². The summed E-state index contributed by atoms with van der Waals surface area (Å²) in [7, 11) is 0. The van der Waals surface area contributed by atoms with Crippen LogP contribution in [-0.4, -0.2) is 33.7 Å². The fourth-order valence-corrected chi connectivity index (χ4v) is 2.73. The molecule has 3 N–H and O–H groups in total. The molecule has 3 heterocycles. The topological polar surface area (TPSA) is 111 Å². The first-order chi connectivity index (χ1) is 12.1. The van der Waals surface area contributed by atoms with Gasteiger partial charge in [0.25, 0.3) is 11.2 Å². The second-order valence-corrected chi connectivity index (χ2v) is 5.48. The van der Waals surface area contributed by atoms with E-state index in [0.717, 1.165) is 0 Å². The summed E-state index contributed by atoms with van der Waals surface area (Å²) in [5, 5.41) is 9.41. The van der Waals surface area contributed by atoms with E-state index in [9.17, 15) is 9.59 Å². The van der Waals surface area contributed by atoms with Crippen molar-refractivity contribution in [2.45, 2.75) is 19.9 Å². The highest BCUT2D eigenvalue weighted by molar-refractivity contribution is 5.96. The van der Waals surface area contributed by atoms with Gasteiger partial charge in [-0.15, -0.1) is 0 Å². The normalized spacial score (nSPS) is 11.1. The number of esters is 1. The Kier molecular flexibility index (Phi) is 4.62. The lowest BCUT2D eigenvalue weighted by Crippen LogP contribution is -2.42. The molecule has 0 saturated heterocycles. The molecule has 3 aromatic rings. The molecule has 0 aliphatic heterocycles. The molecule has 3 rings (SSSR count). The number of carbonyl (C=O) groups excluding carboxylic acids is 1. The van der Waals surface area contributed by atoms with E-state index in [2.05, 4.69) is 4.98 Å². The van der Waals surface area contributed by atoms with Gasteiger partial charge in [-0.3, -0.25) is 9.20 Å². The van der Waals surface area contributed by atoms with Gasteiger partial charge in [-0.25, -0.2) is 9.36 Å². The van der Waals surface area contributed by atoms with Crippen molar-refractivity contribution in [2.75, 3.05) is 18.9 Å². The monoisotopic (exact) mass is 343 g/mol. The van der Waals surface area contributed by atoms with Crippen LogP contribution in [0.1, 0.15) is 23.7 Å². The van der Waals surface area contributed by atoms with E-state index >= 15 is 0 Å². The minimum atomic E-state index is -0.600. The first-order valence-corrected chi connectivity index (χ1v) is 8.00. The number of nitrogens with two attached hydrogens (primary N) is 1. The number of aliphatic hydroxyl groups is 1. The number of ether oxygens (including phenoxy) is 1. The first-order valence-electron chi connectivity index (χ1n) is 8.00. The Labute approximate surface area is 143 Å². The number of pyridine rings is 2. The fourth-order valence-electron chi connectivity index (χ4n) is 2.73. The van der Waals surface area contributed by atoms with E-state index in [1.54, 1.807) is 35.9 Å². The highest BCUT2D eigenvalue weighted by atomic mass is 16.5. The van der Waals surface area contributed by atoms with Crippen LogP contribution < -0.4 is 15.9 Å². The van der Waals surface area contributed by atoms with Crippen LogP contribution in [0.15, 0.2) is 35.3 Å². The van der Waals surface area contributed by atoms with Gasteiger partial charge in [0.2, 0.25) is 11.5 Å². The first kappa shape index (κ1) is 16.8. The Morgan fingerprint density at radius 3 is 2.96 bits per heavy atom. The van der Waals surface area contributed by atoms with Crippen molar-refractivity contribution in [3.05, 3.63) is 46.4 Å². The van der Waals surface area contributed by atoms with E-state index in [1.807, 2.05) is 0 Å². The number of nitrogen functional groups attached to an aromatic ring is 1. The molecule has 25 heavy (non-hydrogen) atoms. The number of aromatic nitrogens is 3. The molecule has 0 bridgehead atoms. The van der Waals surface area contributed by atoms with Crippen LogP contribution in [0.4, 0.5) is 5.82 Å². The molecule has 3 aromatic heterocycles. The number of hydrogen-bond donors (Lipinski definition) is 2. The van der Waals surface area contributed by atoms with Crippen LogP contribution in [0.3, 0.4) is 0 Å². The number of hydrogen-bond acceptors (Lipinski definition) is 6. The second kappa shape index (κ2) is 6.86. The molecule has 0 unspecified atom stereocenters. The van der Waals surface area contributed by atoms with Gasteiger partial charge in [0.05, 0.1) is 13.2 Å². The lowest BCUT2D eigenvalue weighted by Gasteiger charge is -2.11. The Bertz CT molecular complexity index is 1010. The number of aliphatic hydroxyl groups excluding tert-OH is 1. The molecule has 0 spiro atoms. The summed E-state index contributed by atoms with van der Waals surface area (Å²) >= 11 is 0. The zero-order chi connectivity index (χ0) is 18.0. The van der Waals surface area contributed by atoms with Gasteiger partial charge < -0.3 is 15.6 Å². The van der Waals surface area contributed by atoms with Crippen molar-refractivity contribution in [3.63, 3.8) is 0 Å². The summed E-state index contributed by atoms with van der Waals surface area (Å²) < 4.78 is 8.02. The van der Waals surface area contributed by atoms with Crippen molar-refractivity contribution in [2.24, 2.45) is 0 Å². The van der Waals surface area contributed by atoms with Crippen molar-refractivity contribution in [1.29, 1.82) is 0 Å². The molecular weight excluding hydrogens is 324 g/mol. The maximum atomic E-state index is 12.8. The SMILES string of the molecule is CCOC(=O)c1cc2c(=O)n3ccccc3nc2[n+](CCCO)c1N. The number of anilines is 1. The molecule has 0 aliphatic carbocycles. The third-order valence-electron chi connectivity index (χ3n) is 3.90. The average molecular weight is 343 g/mol. The Morgan fingerprint density at radius 2 is 2.24 bits per heavy atom. The van der Waals surface area contributed by atoms with Crippen LogP contribution in [0, 0.1) is 0 Å². The van der Waals surface area contributed by atoms with Crippen LogP contribution in [-0.2, 0) is 11.3 Å². The predicted octanol–water partition coefficient (Wildman–Crippen LogP) is 0.276. The third-order valence-corrected chi connectivity index (χ3v) is 3.90. The van der Waals surface area contributed by atoms with Crippen LogP contribution >= 0.6 is 0 Å². The zero-order valence-electron chi connectivity index (χ0n) is 13.8. The maximum Gasteiger partial charge on any atom is 0.344 e. The molecular formula is C17H19N4O4+. The number of rotatable bonds is 5. The Morgan fingerprint density at radius 1 is 1.44 bits per heavy atom. The summed E-state index contributed by atoms with van der Waals surface area (Å²) in [5.41, 5.74) is 6.80. The Hall–Kier alpha value is -3.00. The Balaban J connectivity index is 2.38. The van der Waals surface area contributed by atoms with Crippen molar-refractivity contribution in [3.8, 4) is 0 Å². The molecule has 0 saturated carbocycles. The van der Waals surface area contributed by atoms with Crippen LogP contribution in [0.5, 0.6) is 0 Å². The predicted molar refractivity (Wildman–Crippen MR) is 91.2 cm³/mol. The van der Waals surface area contributed by atoms with E-state index in [0.29, 0.717) is 24.3 Å². The summed E-state index contributed by atoms with van der Waals surface area (Å²) in [6, 6.07) is 6.65. The minimum Gasteiger partial charge on any atom is -0.462 e.